The Morgan fingerprint density at radius 1 is 1.39 bits per heavy atom. The van der Waals surface area contributed by atoms with E-state index in [1.807, 2.05) is 24.3 Å². The number of methoxy groups -OCH3 is 2. The number of benzene rings is 1. The van der Waals surface area contributed by atoms with Crippen LogP contribution in [0.1, 0.15) is 6.42 Å². The van der Waals surface area contributed by atoms with Crippen LogP contribution in [0.4, 0.5) is 5.69 Å². The molecule has 1 fully saturated rings. The van der Waals surface area contributed by atoms with E-state index >= 15 is 0 Å². The second-order valence-corrected chi connectivity index (χ2v) is 4.20. The van der Waals surface area contributed by atoms with Crippen molar-refractivity contribution in [2.75, 3.05) is 32.8 Å². The highest BCUT2D eigenvalue weighted by Gasteiger charge is 2.44. The number of nitrogens with one attached hydrogen (secondary N) is 1. The summed E-state index contributed by atoms with van der Waals surface area (Å²) >= 11 is 0. The average Bonchev–Trinajstić information content (AvgIpc) is 2.88. The van der Waals surface area contributed by atoms with E-state index in [9.17, 15) is 4.79 Å². The van der Waals surface area contributed by atoms with Crippen molar-refractivity contribution in [1.29, 1.82) is 0 Å². The fraction of sp³-hybridized carbons (Fsp3) is 0.462. The molecule has 98 valence electrons. The molecule has 2 rings (SSSR count). The Hall–Kier alpha value is -1.75. The van der Waals surface area contributed by atoms with Gasteiger partial charge in [-0.15, -0.1) is 0 Å². The fourth-order valence-corrected chi connectivity index (χ4v) is 2.08. The number of anilines is 1. The maximum Gasteiger partial charge on any atom is 0.334 e. The Morgan fingerprint density at radius 2 is 2.17 bits per heavy atom. The standard InChI is InChI=1S/C13H17NO4/c1-16-11-6-4-3-5-10(11)14-13(12(15)17-2)7-8-18-9-13/h3-6,14H,7-9H2,1-2H3. The number of carbonyl (C=O) groups excluding carboxylic acids is 1. The lowest BCUT2D eigenvalue weighted by molar-refractivity contribution is -0.146. The highest BCUT2D eigenvalue weighted by Crippen LogP contribution is 2.31. The molecule has 1 aliphatic heterocycles. The first-order valence-electron chi connectivity index (χ1n) is 5.79. The van der Waals surface area contributed by atoms with Gasteiger partial charge in [-0.2, -0.15) is 0 Å². The van der Waals surface area contributed by atoms with Gasteiger partial charge in [-0.3, -0.25) is 0 Å². The van der Waals surface area contributed by atoms with E-state index < -0.39 is 5.54 Å². The molecule has 18 heavy (non-hydrogen) atoms. The molecule has 0 aliphatic carbocycles. The van der Waals surface area contributed by atoms with Gasteiger partial charge in [-0.25, -0.2) is 4.79 Å². The molecular formula is C13H17NO4. The molecule has 1 heterocycles. The van der Waals surface area contributed by atoms with Gasteiger partial charge in [-0.05, 0) is 12.1 Å². The van der Waals surface area contributed by atoms with Crippen LogP contribution in [0, 0.1) is 0 Å². The molecule has 0 spiro atoms. The molecule has 1 aliphatic rings. The van der Waals surface area contributed by atoms with Gasteiger partial charge in [0.2, 0.25) is 0 Å². The average molecular weight is 251 g/mol. The number of rotatable bonds is 4. The van der Waals surface area contributed by atoms with Crippen LogP contribution in [0.15, 0.2) is 24.3 Å². The van der Waals surface area contributed by atoms with Crippen molar-refractivity contribution in [3.8, 4) is 5.75 Å². The first-order valence-corrected chi connectivity index (χ1v) is 5.79. The van der Waals surface area contributed by atoms with Crippen molar-refractivity contribution >= 4 is 11.7 Å². The Kier molecular flexibility index (Phi) is 3.72. The van der Waals surface area contributed by atoms with Crippen LogP contribution < -0.4 is 10.1 Å². The van der Waals surface area contributed by atoms with Crippen LogP contribution in [0.5, 0.6) is 5.75 Å². The van der Waals surface area contributed by atoms with Crippen LogP contribution in [-0.4, -0.2) is 38.9 Å². The van der Waals surface area contributed by atoms with Crippen LogP contribution in [-0.2, 0) is 14.3 Å². The molecule has 1 unspecified atom stereocenters. The quantitative estimate of drug-likeness (QED) is 0.821. The van der Waals surface area contributed by atoms with Crippen LogP contribution in [0.3, 0.4) is 0 Å². The summed E-state index contributed by atoms with van der Waals surface area (Å²) in [7, 11) is 2.97. The molecule has 5 heteroatoms. The van der Waals surface area contributed by atoms with Crippen LogP contribution in [0.25, 0.3) is 0 Å². The van der Waals surface area contributed by atoms with E-state index in [0.29, 0.717) is 25.4 Å². The van der Waals surface area contributed by atoms with Gasteiger partial charge in [0.25, 0.3) is 0 Å². The van der Waals surface area contributed by atoms with Gasteiger partial charge < -0.3 is 19.5 Å². The molecule has 0 amide bonds. The van der Waals surface area contributed by atoms with Gasteiger partial charge >= 0.3 is 5.97 Å². The van der Waals surface area contributed by atoms with Crippen molar-refractivity contribution in [2.24, 2.45) is 0 Å². The molecule has 1 atom stereocenters. The molecule has 0 bridgehead atoms. The number of carbonyl (C=O) groups is 1. The Labute approximate surface area is 106 Å². The van der Waals surface area contributed by atoms with E-state index in [2.05, 4.69) is 5.32 Å². The SMILES string of the molecule is COC(=O)C1(Nc2ccccc2OC)CCOC1. The Morgan fingerprint density at radius 3 is 2.78 bits per heavy atom. The second kappa shape index (κ2) is 5.27. The van der Waals surface area contributed by atoms with E-state index in [-0.39, 0.29) is 5.97 Å². The topological polar surface area (TPSA) is 56.8 Å². The zero-order chi connectivity index (χ0) is 13.0. The Balaban J connectivity index is 2.26. The monoisotopic (exact) mass is 251 g/mol. The second-order valence-electron chi connectivity index (χ2n) is 4.20. The van der Waals surface area contributed by atoms with E-state index in [0.717, 1.165) is 5.69 Å². The lowest BCUT2D eigenvalue weighted by Crippen LogP contribution is -2.47. The summed E-state index contributed by atoms with van der Waals surface area (Å²) in [6.45, 7) is 0.842. The minimum Gasteiger partial charge on any atom is -0.495 e. The summed E-state index contributed by atoms with van der Waals surface area (Å²) in [6.07, 6.45) is 0.581. The number of para-hydroxylation sites is 2. The third-order valence-corrected chi connectivity index (χ3v) is 3.08. The maximum atomic E-state index is 11.9. The van der Waals surface area contributed by atoms with Crippen LogP contribution in [0.2, 0.25) is 0 Å². The largest absolute Gasteiger partial charge is 0.495 e. The summed E-state index contributed by atoms with van der Waals surface area (Å²) in [4.78, 5) is 11.9. The molecule has 0 saturated carbocycles. The highest BCUT2D eigenvalue weighted by molar-refractivity contribution is 5.85. The first kappa shape index (κ1) is 12.7. The molecule has 1 aromatic rings. The van der Waals surface area contributed by atoms with E-state index in [1.165, 1.54) is 7.11 Å². The van der Waals surface area contributed by atoms with Gasteiger partial charge in [0, 0.05) is 13.0 Å². The molecule has 1 aromatic carbocycles. The van der Waals surface area contributed by atoms with Gasteiger partial charge in [-0.1, -0.05) is 12.1 Å². The summed E-state index contributed by atoms with van der Waals surface area (Å²) in [6, 6.07) is 7.45. The number of ether oxygens (including phenoxy) is 3. The van der Waals surface area contributed by atoms with E-state index in [4.69, 9.17) is 14.2 Å². The maximum absolute atomic E-state index is 11.9. The zero-order valence-corrected chi connectivity index (χ0v) is 10.6. The van der Waals surface area contributed by atoms with Gasteiger partial charge in [0.05, 0.1) is 26.5 Å². The fourth-order valence-electron chi connectivity index (χ4n) is 2.08. The Bertz CT molecular complexity index is 427. The summed E-state index contributed by atoms with van der Waals surface area (Å²) in [5, 5.41) is 3.20. The van der Waals surface area contributed by atoms with Crippen molar-refractivity contribution in [3.05, 3.63) is 24.3 Å². The predicted octanol–water partition coefficient (Wildman–Crippen LogP) is 1.44. The van der Waals surface area contributed by atoms with Gasteiger partial charge in [0.1, 0.15) is 5.75 Å². The van der Waals surface area contributed by atoms with Crippen molar-refractivity contribution in [1.82, 2.24) is 0 Å². The zero-order valence-electron chi connectivity index (χ0n) is 10.6. The van der Waals surface area contributed by atoms with Crippen molar-refractivity contribution < 1.29 is 19.0 Å². The molecular weight excluding hydrogens is 234 g/mol. The third-order valence-electron chi connectivity index (χ3n) is 3.08. The minimum atomic E-state index is -0.816. The lowest BCUT2D eigenvalue weighted by Gasteiger charge is -2.27. The molecule has 0 aromatic heterocycles. The normalized spacial score (nSPS) is 22.6. The third kappa shape index (κ3) is 2.26. The van der Waals surface area contributed by atoms with Crippen molar-refractivity contribution in [2.45, 2.75) is 12.0 Å². The predicted molar refractivity (Wildman–Crippen MR) is 66.8 cm³/mol. The number of hydrogen-bond acceptors (Lipinski definition) is 5. The number of hydrogen-bond donors (Lipinski definition) is 1. The molecule has 1 N–H and O–H groups in total. The minimum absolute atomic E-state index is 0.303. The first-order chi connectivity index (χ1) is 8.72. The lowest BCUT2D eigenvalue weighted by atomic mass is 9.98. The highest BCUT2D eigenvalue weighted by atomic mass is 16.5. The molecule has 5 nitrogen and oxygen atoms in total. The smallest absolute Gasteiger partial charge is 0.334 e. The van der Waals surface area contributed by atoms with E-state index in [1.54, 1.807) is 7.11 Å². The summed E-state index contributed by atoms with van der Waals surface area (Å²) < 4.78 is 15.4. The summed E-state index contributed by atoms with van der Waals surface area (Å²) in [5.41, 5.74) is -0.0560. The van der Waals surface area contributed by atoms with Crippen LogP contribution >= 0.6 is 0 Å². The summed E-state index contributed by atoms with van der Waals surface area (Å²) in [5.74, 6) is 0.374. The number of esters is 1. The molecule has 1 saturated heterocycles. The molecule has 0 radical (unpaired) electrons. The van der Waals surface area contributed by atoms with Crippen molar-refractivity contribution in [3.63, 3.8) is 0 Å². The van der Waals surface area contributed by atoms with Gasteiger partial charge in [0.15, 0.2) is 5.54 Å².